The topological polar surface area (TPSA) is 20.3 Å². The highest BCUT2D eigenvalue weighted by atomic mass is 19.1. The van der Waals surface area contributed by atoms with Crippen LogP contribution in [0.25, 0.3) is 6.08 Å². The average Bonchev–Trinajstić information content (AvgIpc) is 2.51. The van der Waals surface area contributed by atoms with Crippen molar-refractivity contribution >= 4 is 17.5 Å². The van der Waals surface area contributed by atoms with Crippen LogP contribution < -0.4 is 4.90 Å². The molecule has 1 aliphatic heterocycles. The Balaban J connectivity index is 1.91. The maximum atomic E-state index is 12.9. The maximum Gasteiger partial charge on any atom is 0.187 e. The first-order valence-corrected chi connectivity index (χ1v) is 6.67. The van der Waals surface area contributed by atoms with Gasteiger partial charge < -0.3 is 4.90 Å². The number of benzene rings is 2. The smallest absolute Gasteiger partial charge is 0.187 e. The summed E-state index contributed by atoms with van der Waals surface area (Å²) in [5.41, 5.74) is 3.46. The first-order valence-electron chi connectivity index (χ1n) is 6.67. The summed E-state index contributed by atoms with van der Waals surface area (Å²) in [6.45, 7) is 0. The van der Waals surface area contributed by atoms with Crippen LogP contribution in [0.15, 0.2) is 66.4 Å². The third-order valence-electron chi connectivity index (χ3n) is 3.53. The van der Waals surface area contributed by atoms with Crippen molar-refractivity contribution in [2.75, 3.05) is 11.9 Å². The molecule has 0 saturated carbocycles. The van der Waals surface area contributed by atoms with Gasteiger partial charge in [-0.05, 0) is 42.0 Å². The lowest BCUT2D eigenvalue weighted by molar-refractivity contribution is 0.104. The molecule has 0 atom stereocenters. The number of allylic oxidation sites excluding steroid dienone is 2. The second-order valence-electron chi connectivity index (χ2n) is 4.89. The first-order chi connectivity index (χ1) is 10.1. The highest BCUT2D eigenvalue weighted by Crippen LogP contribution is 2.29. The lowest BCUT2D eigenvalue weighted by atomic mass is 10.0. The minimum absolute atomic E-state index is 0.138. The summed E-state index contributed by atoms with van der Waals surface area (Å²) >= 11 is 0. The Morgan fingerprint density at radius 2 is 1.76 bits per heavy atom. The molecule has 0 amide bonds. The Hall–Kier alpha value is -2.68. The number of para-hydroxylation sites is 1. The van der Waals surface area contributed by atoms with Crippen LogP contribution in [-0.2, 0) is 0 Å². The number of fused-ring (bicyclic) bond motifs is 1. The van der Waals surface area contributed by atoms with Crippen LogP contribution in [0.4, 0.5) is 10.1 Å². The number of carbonyl (C=O) groups is 1. The van der Waals surface area contributed by atoms with Crippen molar-refractivity contribution in [2.24, 2.45) is 0 Å². The predicted octanol–water partition coefficient (Wildman–Crippen LogP) is 4.06. The number of anilines is 1. The van der Waals surface area contributed by atoms with Gasteiger partial charge in [-0.3, -0.25) is 4.79 Å². The molecule has 0 N–H and O–H groups in total. The van der Waals surface area contributed by atoms with E-state index in [1.807, 2.05) is 48.4 Å². The summed E-state index contributed by atoms with van der Waals surface area (Å²) in [4.78, 5) is 14.2. The van der Waals surface area contributed by atoms with Crippen molar-refractivity contribution in [3.8, 4) is 0 Å². The summed E-state index contributed by atoms with van der Waals surface area (Å²) in [6.07, 6.45) is 5.46. The number of likely N-dealkylation sites (N-methyl/N-ethyl adjacent to an activating group) is 1. The molecule has 21 heavy (non-hydrogen) atoms. The summed E-state index contributed by atoms with van der Waals surface area (Å²) in [5.74, 6) is -0.483. The molecule has 3 rings (SSSR count). The van der Waals surface area contributed by atoms with E-state index in [0.29, 0.717) is 5.56 Å². The Morgan fingerprint density at radius 3 is 2.52 bits per heavy atom. The summed E-state index contributed by atoms with van der Waals surface area (Å²) in [5, 5.41) is 0. The molecular formula is C18H14FNO. The van der Waals surface area contributed by atoms with Crippen molar-refractivity contribution in [3.63, 3.8) is 0 Å². The molecule has 0 spiro atoms. The fourth-order valence-corrected chi connectivity index (χ4v) is 2.34. The number of rotatable bonds is 2. The molecule has 0 aromatic heterocycles. The number of hydrogen-bond acceptors (Lipinski definition) is 2. The molecule has 1 heterocycles. The van der Waals surface area contributed by atoms with Crippen LogP contribution in [0.2, 0.25) is 0 Å². The van der Waals surface area contributed by atoms with E-state index in [9.17, 15) is 9.18 Å². The Bertz CT molecular complexity index is 744. The van der Waals surface area contributed by atoms with Crippen molar-refractivity contribution in [2.45, 2.75) is 0 Å². The largest absolute Gasteiger partial charge is 0.344 e. The second-order valence-corrected chi connectivity index (χ2v) is 4.89. The van der Waals surface area contributed by atoms with E-state index in [1.165, 1.54) is 24.3 Å². The van der Waals surface area contributed by atoms with Gasteiger partial charge in [-0.2, -0.15) is 0 Å². The fourth-order valence-electron chi connectivity index (χ4n) is 2.34. The standard InChI is InChI=1S/C18H14FNO/c1-20-16(11-8-13-4-2-3-5-17(13)20)12-18(21)14-6-9-15(19)10-7-14/h2-12H,1H3/b16-12+. The summed E-state index contributed by atoms with van der Waals surface area (Å²) in [7, 11) is 1.92. The van der Waals surface area contributed by atoms with Gasteiger partial charge in [-0.1, -0.05) is 24.3 Å². The monoisotopic (exact) mass is 279 g/mol. The average molecular weight is 279 g/mol. The Labute approximate surface area is 122 Å². The maximum absolute atomic E-state index is 12.9. The zero-order chi connectivity index (χ0) is 14.8. The molecule has 1 aliphatic rings. The van der Waals surface area contributed by atoms with Crippen LogP contribution in [0.3, 0.4) is 0 Å². The fraction of sp³-hybridized carbons (Fsp3) is 0.0556. The molecule has 0 bridgehead atoms. The van der Waals surface area contributed by atoms with Gasteiger partial charge in [0, 0.05) is 30.1 Å². The van der Waals surface area contributed by atoms with Gasteiger partial charge in [-0.15, -0.1) is 0 Å². The number of ketones is 1. The number of nitrogens with zero attached hydrogens (tertiary/aromatic N) is 1. The van der Waals surface area contributed by atoms with Crippen LogP contribution >= 0.6 is 0 Å². The molecule has 2 nitrogen and oxygen atoms in total. The SMILES string of the molecule is CN1/C(=C/C(=O)c2ccc(F)cc2)C=Cc2ccccc21. The molecule has 104 valence electrons. The first kappa shape index (κ1) is 13.3. The van der Waals surface area contributed by atoms with E-state index in [1.54, 1.807) is 6.08 Å². The number of halogens is 1. The summed E-state index contributed by atoms with van der Waals surface area (Å²) < 4.78 is 12.9. The van der Waals surface area contributed by atoms with Crippen LogP contribution in [0.1, 0.15) is 15.9 Å². The molecule has 0 saturated heterocycles. The van der Waals surface area contributed by atoms with E-state index >= 15 is 0 Å². The Morgan fingerprint density at radius 1 is 1.05 bits per heavy atom. The molecule has 2 aromatic rings. The van der Waals surface area contributed by atoms with Crippen molar-refractivity contribution in [3.05, 3.63) is 83.3 Å². The van der Waals surface area contributed by atoms with Crippen LogP contribution in [-0.4, -0.2) is 12.8 Å². The normalized spacial score (nSPS) is 15.1. The van der Waals surface area contributed by atoms with Gasteiger partial charge in [0.05, 0.1) is 0 Å². The van der Waals surface area contributed by atoms with Crippen molar-refractivity contribution in [1.29, 1.82) is 0 Å². The zero-order valence-corrected chi connectivity index (χ0v) is 11.6. The lowest BCUT2D eigenvalue weighted by Crippen LogP contribution is -2.19. The van der Waals surface area contributed by atoms with Gasteiger partial charge in [0.15, 0.2) is 5.78 Å². The molecule has 0 unspecified atom stereocenters. The van der Waals surface area contributed by atoms with Crippen molar-refractivity contribution < 1.29 is 9.18 Å². The summed E-state index contributed by atoms with van der Waals surface area (Å²) in [6, 6.07) is 13.6. The van der Waals surface area contributed by atoms with E-state index in [0.717, 1.165) is 16.9 Å². The van der Waals surface area contributed by atoms with E-state index in [-0.39, 0.29) is 11.6 Å². The quantitative estimate of drug-likeness (QED) is 0.610. The molecular weight excluding hydrogens is 265 g/mol. The predicted molar refractivity (Wildman–Crippen MR) is 82.7 cm³/mol. The molecule has 0 aliphatic carbocycles. The minimum Gasteiger partial charge on any atom is -0.344 e. The van der Waals surface area contributed by atoms with Gasteiger partial charge in [0.2, 0.25) is 0 Å². The van der Waals surface area contributed by atoms with E-state index < -0.39 is 0 Å². The number of carbonyl (C=O) groups excluding carboxylic acids is 1. The van der Waals surface area contributed by atoms with Gasteiger partial charge in [0.1, 0.15) is 5.82 Å². The third kappa shape index (κ3) is 2.63. The zero-order valence-electron chi connectivity index (χ0n) is 11.6. The highest BCUT2D eigenvalue weighted by Gasteiger charge is 2.14. The molecule has 2 aromatic carbocycles. The van der Waals surface area contributed by atoms with Crippen LogP contribution in [0.5, 0.6) is 0 Å². The van der Waals surface area contributed by atoms with Gasteiger partial charge >= 0.3 is 0 Å². The third-order valence-corrected chi connectivity index (χ3v) is 3.53. The van der Waals surface area contributed by atoms with E-state index in [4.69, 9.17) is 0 Å². The molecule has 0 fully saturated rings. The number of hydrogen-bond donors (Lipinski definition) is 0. The second kappa shape index (κ2) is 5.37. The highest BCUT2D eigenvalue weighted by molar-refractivity contribution is 6.05. The molecule has 0 radical (unpaired) electrons. The lowest BCUT2D eigenvalue weighted by Gasteiger charge is -2.26. The molecule has 3 heteroatoms. The van der Waals surface area contributed by atoms with Gasteiger partial charge in [0.25, 0.3) is 0 Å². The van der Waals surface area contributed by atoms with E-state index in [2.05, 4.69) is 0 Å². The minimum atomic E-state index is -0.345. The van der Waals surface area contributed by atoms with Gasteiger partial charge in [-0.25, -0.2) is 4.39 Å². The van der Waals surface area contributed by atoms with Crippen LogP contribution in [0, 0.1) is 5.82 Å². The Kier molecular flexibility index (Phi) is 3.40. The van der Waals surface area contributed by atoms with Crippen molar-refractivity contribution in [1.82, 2.24) is 0 Å².